The summed E-state index contributed by atoms with van der Waals surface area (Å²) in [6, 6.07) is 4.21. The first-order valence-electron chi connectivity index (χ1n) is 7.37. The fourth-order valence-corrected chi connectivity index (χ4v) is 2.39. The zero-order valence-electron chi connectivity index (χ0n) is 13.3. The van der Waals surface area contributed by atoms with Gasteiger partial charge in [-0.25, -0.2) is 0 Å². The SMILES string of the molecule is CC(=O)NCCNC(=O)c1ccc2c(c1)C(=O)N(C(C)C)C2=O. The summed E-state index contributed by atoms with van der Waals surface area (Å²) in [5.74, 6) is -1.25. The van der Waals surface area contributed by atoms with Crippen molar-refractivity contribution in [2.45, 2.75) is 26.8 Å². The smallest absolute Gasteiger partial charge is 0.261 e. The van der Waals surface area contributed by atoms with Crippen LogP contribution >= 0.6 is 0 Å². The van der Waals surface area contributed by atoms with Crippen LogP contribution in [0.3, 0.4) is 0 Å². The predicted octanol–water partition coefficient (Wildman–Crippen LogP) is 0.557. The maximum absolute atomic E-state index is 12.3. The number of benzene rings is 1. The van der Waals surface area contributed by atoms with Gasteiger partial charge in [-0.2, -0.15) is 0 Å². The molecule has 122 valence electrons. The van der Waals surface area contributed by atoms with Crippen LogP contribution in [0, 0.1) is 0 Å². The van der Waals surface area contributed by atoms with Crippen molar-refractivity contribution in [3.8, 4) is 0 Å². The number of imide groups is 1. The molecule has 0 saturated carbocycles. The molecule has 0 saturated heterocycles. The van der Waals surface area contributed by atoms with E-state index in [2.05, 4.69) is 10.6 Å². The van der Waals surface area contributed by atoms with Gasteiger partial charge in [0.2, 0.25) is 5.91 Å². The molecule has 0 bridgehead atoms. The fraction of sp³-hybridized carbons (Fsp3) is 0.375. The first-order valence-corrected chi connectivity index (χ1v) is 7.37. The van der Waals surface area contributed by atoms with Gasteiger partial charge in [-0.1, -0.05) is 0 Å². The van der Waals surface area contributed by atoms with E-state index in [-0.39, 0.29) is 41.8 Å². The van der Waals surface area contributed by atoms with Gasteiger partial charge in [0.25, 0.3) is 17.7 Å². The van der Waals surface area contributed by atoms with Crippen LogP contribution in [0.25, 0.3) is 0 Å². The van der Waals surface area contributed by atoms with Crippen molar-refractivity contribution in [1.82, 2.24) is 15.5 Å². The molecule has 7 nitrogen and oxygen atoms in total. The first kappa shape index (κ1) is 16.7. The molecule has 1 aromatic rings. The minimum Gasteiger partial charge on any atom is -0.355 e. The number of nitrogens with zero attached hydrogens (tertiary/aromatic N) is 1. The summed E-state index contributed by atoms with van der Waals surface area (Å²) in [6.45, 7) is 5.52. The van der Waals surface area contributed by atoms with Crippen LogP contribution in [-0.4, -0.2) is 47.7 Å². The molecule has 1 aromatic carbocycles. The topological polar surface area (TPSA) is 95.6 Å². The average molecular weight is 317 g/mol. The highest BCUT2D eigenvalue weighted by Crippen LogP contribution is 2.25. The van der Waals surface area contributed by atoms with Crippen molar-refractivity contribution in [3.05, 3.63) is 34.9 Å². The summed E-state index contributed by atoms with van der Waals surface area (Å²) in [5, 5.41) is 5.21. The lowest BCUT2D eigenvalue weighted by molar-refractivity contribution is -0.118. The molecule has 0 radical (unpaired) electrons. The summed E-state index contributed by atoms with van der Waals surface area (Å²) in [6.07, 6.45) is 0. The monoisotopic (exact) mass is 317 g/mol. The molecule has 0 fully saturated rings. The van der Waals surface area contributed by atoms with E-state index in [9.17, 15) is 19.2 Å². The normalized spacial score (nSPS) is 13.3. The summed E-state index contributed by atoms with van der Waals surface area (Å²) < 4.78 is 0. The number of nitrogens with one attached hydrogen (secondary N) is 2. The highest BCUT2D eigenvalue weighted by atomic mass is 16.2. The zero-order valence-corrected chi connectivity index (χ0v) is 13.3. The number of amides is 4. The molecule has 4 amide bonds. The van der Waals surface area contributed by atoms with Crippen LogP contribution in [0.4, 0.5) is 0 Å². The summed E-state index contributed by atoms with van der Waals surface area (Å²) in [5.41, 5.74) is 0.870. The van der Waals surface area contributed by atoms with E-state index in [1.165, 1.54) is 30.0 Å². The number of hydrogen-bond acceptors (Lipinski definition) is 4. The van der Waals surface area contributed by atoms with E-state index in [0.717, 1.165) is 0 Å². The number of rotatable bonds is 5. The average Bonchev–Trinajstić information content (AvgIpc) is 2.74. The van der Waals surface area contributed by atoms with E-state index < -0.39 is 0 Å². The van der Waals surface area contributed by atoms with Crippen molar-refractivity contribution in [2.75, 3.05) is 13.1 Å². The van der Waals surface area contributed by atoms with Crippen molar-refractivity contribution < 1.29 is 19.2 Å². The Kier molecular flexibility index (Phi) is 4.78. The quantitative estimate of drug-likeness (QED) is 0.612. The molecule has 1 aliphatic heterocycles. The molecule has 0 spiro atoms. The number of carbonyl (C=O) groups is 4. The molecular formula is C16H19N3O4. The molecule has 0 aromatic heterocycles. The van der Waals surface area contributed by atoms with Gasteiger partial charge < -0.3 is 10.6 Å². The van der Waals surface area contributed by atoms with Crippen LogP contribution in [0.2, 0.25) is 0 Å². The molecular weight excluding hydrogens is 298 g/mol. The third-order valence-corrected chi connectivity index (χ3v) is 3.48. The highest BCUT2D eigenvalue weighted by Gasteiger charge is 2.37. The highest BCUT2D eigenvalue weighted by molar-refractivity contribution is 6.22. The number of carbonyl (C=O) groups excluding carboxylic acids is 4. The second-order valence-corrected chi connectivity index (χ2v) is 5.57. The van der Waals surface area contributed by atoms with Crippen LogP contribution in [0.15, 0.2) is 18.2 Å². The number of fused-ring (bicyclic) bond motifs is 1. The molecule has 1 aliphatic rings. The Labute approximate surface area is 134 Å². The van der Waals surface area contributed by atoms with Crippen molar-refractivity contribution in [1.29, 1.82) is 0 Å². The van der Waals surface area contributed by atoms with Crippen molar-refractivity contribution in [2.24, 2.45) is 0 Å². The summed E-state index contributed by atoms with van der Waals surface area (Å²) in [4.78, 5) is 48.4. The molecule has 7 heteroatoms. The van der Waals surface area contributed by atoms with Gasteiger partial charge >= 0.3 is 0 Å². The first-order chi connectivity index (χ1) is 10.8. The summed E-state index contributed by atoms with van der Waals surface area (Å²) in [7, 11) is 0. The standard InChI is InChI=1S/C16H19N3O4/c1-9(2)19-15(22)12-5-4-11(8-13(12)16(19)23)14(21)18-7-6-17-10(3)20/h4-5,8-9H,6-7H2,1-3H3,(H,17,20)(H,18,21). The second kappa shape index (κ2) is 6.60. The van der Waals surface area contributed by atoms with Crippen LogP contribution in [0.1, 0.15) is 51.8 Å². The molecule has 23 heavy (non-hydrogen) atoms. The van der Waals surface area contributed by atoms with Gasteiger partial charge in [0.1, 0.15) is 0 Å². The lowest BCUT2D eigenvalue weighted by Gasteiger charge is -2.17. The Balaban J connectivity index is 2.11. The lowest BCUT2D eigenvalue weighted by Crippen LogP contribution is -2.35. The van der Waals surface area contributed by atoms with E-state index in [0.29, 0.717) is 17.7 Å². The van der Waals surface area contributed by atoms with Crippen LogP contribution in [0.5, 0.6) is 0 Å². The minimum atomic E-state index is -0.382. The molecule has 2 N–H and O–H groups in total. The van der Waals surface area contributed by atoms with Crippen molar-refractivity contribution >= 4 is 23.6 Å². The van der Waals surface area contributed by atoms with Gasteiger partial charge in [-0.15, -0.1) is 0 Å². The summed E-state index contributed by atoms with van der Waals surface area (Å²) >= 11 is 0. The van der Waals surface area contributed by atoms with E-state index in [1.54, 1.807) is 13.8 Å². The maximum atomic E-state index is 12.3. The fourth-order valence-electron chi connectivity index (χ4n) is 2.39. The molecule has 0 aliphatic carbocycles. The Morgan fingerprint density at radius 2 is 1.65 bits per heavy atom. The maximum Gasteiger partial charge on any atom is 0.261 e. The van der Waals surface area contributed by atoms with Crippen molar-refractivity contribution in [3.63, 3.8) is 0 Å². The molecule has 0 atom stereocenters. The van der Waals surface area contributed by atoms with Gasteiger partial charge in [0, 0.05) is 31.6 Å². The second-order valence-electron chi connectivity index (χ2n) is 5.57. The van der Waals surface area contributed by atoms with Gasteiger partial charge in [-0.05, 0) is 32.0 Å². The largest absolute Gasteiger partial charge is 0.355 e. The van der Waals surface area contributed by atoms with Crippen LogP contribution < -0.4 is 10.6 Å². The van der Waals surface area contributed by atoms with E-state index in [1.807, 2.05) is 0 Å². The Morgan fingerprint density at radius 3 is 2.26 bits per heavy atom. The van der Waals surface area contributed by atoms with Gasteiger partial charge in [-0.3, -0.25) is 24.1 Å². The van der Waals surface area contributed by atoms with E-state index >= 15 is 0 Å². The third kappa shape index (κ3) is 3.39. The number of hydrogen-bond donors (Lipinski definition) is 2. The Hall–Kier alpha value is -2.70. The minimum absolute atomic E-state index is 0.172. The molecule has 1 heterocycles. The lowest BCUT2D eigenvalue weighted by atomic mass is 10.1. The third-order valence-electron chi connectivity index (χ3n) is 3.48. The Bertz CT molecular complexity index is 682. The Morgan fingerprint density at radius 1 is 1.04 bits per heavy atom. The van der Waals surface area contributed by atoms with Gasteiger partial charge in [0.15, 0.2) is 0 Å². The van der Waals surface area contributed by atoms with Gasteiger partial charge in [0.05, 0.1) is 11.1 Å². The molecule has 2 rings (SSSR count). The zero-order chi connectivity index (χ0) is 17.1. The molecule has 0 unspecified atom stereocenters. The predicted molar refractivity (Wildman–Crippen MR) is 83.1 cm³/mol. The van der Waals surface area contributed by atoms with E-state index in [4.69, 9.17) is 0 Å². The van der Waals surface area contributed by atoms with Crippen LogP contribution in [-0.2, 0) is 4.79 Å².